The Balaban J connectivity index is 3.00. The van der Waals surface area contributed by atoms with E-state index in [9.17, 15) is 0 Å². The second-order valence-electron chi connectivity index (χ2n) is 7.02. The molecule has 0 atom stereocenters. The molecule has 0 aromatic rings. The van der Waals surface area contributed by atoms with E-state index in [4.69, 9.17) is 33.2 Å². The number of unbranched alkanes of at least 4 members (excludes halogenated alkanes) is 15. The lowest BCUT2D eigenvalue weighted by Crippen LogP contribution is -2.20. The van der Waals surface area contributed by atoms with Gasteiger partial charge in [-0.15, -0.1) is 33.2 Å². The van der Waals surface area contributed by atoms with Gasteiger partial charge < -0.3 is 0 Å². The van der Waals surface area contributed by atoms with Gasteiger partial charge in [0.25, 0.3) is 0 Å². The first-order chi connectivity index (χ1) is 11.1. The zero-order valence-corrected chi connectivity index (χ0v) is 20.0. The van der Waals surface area contributed by atoms with E-state index in [0.717, 1.165) is 0 Å². The van der Waals surface area contributed by atoms with Crippen molar-refractivity contribution in [3.63, 3.8) is 0 Å². The largest absolute Gasteiger partial charge is 0.317 e. The fourth-order valence-corrected chi connectivity index (χ4v) is 9.62. The summed E-state index contributed by atoms with van der Waals surface area (Å²) in [5.41, 5.74) is -2.21. The zero-order valence-electron chi connectivity index (χ0n) is 15.4. The molecule has 0 heterocycles. The van der Waals surface area contributed by atoms with E-state index in [2.05, 4.69) is 6.92 Å². The molecule has 0 aromatic heterocycles. The van der Waals surface area contributed by atoms with Crippen LogP contribution >= 0.6 is 33.2 Å². The van der Waals surface area contributed by atoms with Crippen LogP contribution in [-0.2, 0) is 0 Å². The van der Waals surface area contributed by atoms with Crippen LogP contribution in [0.1, 0.15) is 110 Å². The Morgan fingerprint density at radius 3 is 1.13 bits per heavy atom. The topological polar surface area (TPSA) is 0 Å². The molecule has 5 heteroatoms. The molecule has 0 aliphatic heterocycles. The second kappa shape index (κ2) is 18.1. The quantitative estimate of drug-likeness (QED) is 0.120. The Morgan fingerprint density at radius 2 is 0.826 bits per heavy atom. The van der Waals surface area contributed by atoms with Gasteiger partial charge in [0.1, 0.15) is 0 Å². The summed E-state index contributed by atoms with van der Waals surface area (Å²) in [6.07, 6.45) is 22.7. The highest BCUT2D eigenvalue weighted by Gasteiger charge is 2.23. The maximum absolute atomic E-state index is 5.94. The molecule has 0 amide bonds. The van der Waals surface area contributed by atoms with Gasteiger partial charge in [0.05, 0.1) is 9.04 Å². The monoisotopic (exact) mass is 416 g/mol. The highest BCUT2D eigenvalue weighted by molar-refractivity contribution is 7.82. The number of hydrogen-bond acceptors (Lipinski definition) is 0. The lowest BCUT2D eigenvalue weighted by molar-refractivity contribution is 0.531. The number of rotatable bonds is 18. The molecule has 0 saturated heterocycles. The fraction of sp³-hybridized carbons (Fsp3) is 1.00. The van der Waals surface area contributed by atoms with Gasteiger partial charge in [0.2, 0.25) is 0 Å². The van der Waals surface area contributed by atoms with Crippen LogP contribution < -0.4 is 0 Å². The molecular formula is C18H39Cl3Si2. The standard InChI is InChI=1S/C18H39Cl3Si2/c1-2-3-4-5-6-7-8-9-10-11-12-13-14-15-16-17-18-22-23(19,20)21/h2-18,22H2,1H3. The van der Waals surface area contributed by atoms with Crippen LogP contribution in [0.4, 0.5) is 0 Å². The van der Waals surface area contributed by atoms with Crippen molar-refractivity contribution < 1.29 is 0 Å². The Kier molecular flexibility index (Phi) is 19.1. The van der Waals surface area contributed by atoms with Crippen LogP contribution in [0.15, 0.2) is 0 Å². The van der Waals surface area contributed by atoms with E-state index in [1.165, 1.54) is 109 Å². The summed E-state index contributed by atoms with van der Waals surface area (Å²) in [5.74, 6) is 0. The number of halogens is 3. The molecule has 140 valence electrons. The van der Waals surface area contributed by atoms with Gasteiger partial charge in [-0.3, -0.25) is 0 Å². The summed E-state index contributed by atoms with van der Waals surface area (Å²) < 4.78 is 0. The smallest absolute Gasteiger partial charge is 0.130 e. The Bertz CT molecular complexity index is 233. The predicted molar refractivity (Wildman–Crippen MR) is 116 cm³/mol. The molecule has 0 fully saturated rings. The zero-order chi connectivity index (χ0) is 17.2. The van der Waals surface area contributed by atoms with Crippen molar-refractivity contribution >= 4 is 47.8 Å². The van der Waals surface area contributed by atoms with Gasteiger partial charge in [0.15, 0.2) is 0 Å². The van der Waals surface area contributed by atoms with E-state index in [0.29, 0.717) is 0 Å². The molecule has 0 bridgehead atoms. The molecule has 0 N–H and O–H groups in total. The Hall–Kier alpha value is 1.30. The molecular weight excluding hydrogens is 379 g/mol. The average Bonchev–Trinajstić information content (AvgIpc) is 2.49. The van der Waals surface area contributed by atoms with Crippen molar-refractivity contribution in [2.75, 3.05) is 0 Å². The van der Waals surface area contributed by atoms with Crippen molar-refractivity contribution in [1.29, 1.82) is 0 Å². The summed E-state index contributed by atoms with van der Waals surface area (Å²) in [6, 6.07) is 1.24. The SMILES string of the molecule is CCCCCCCCCCCCCCCCCC[SiH2][Si](Cl)(Cl)Cl. The second-order valence-corrected chi connectivity index (χ2v) is 25.7. The molecule has 0 rings (SSSR count). The summed E-state index contributed by atoms with van der Waals surface area (Å²) in [5, 5.41) is 0. The minimum absolute atomic E-state index is 0.380. The van der Waals surface area contributed by atoms with Crippen molar-refractivity contribution in [2.45, 2.75) is 116 Å². The van der Waals surface area contributed by atoms with Gasteiger partial charge in [-0.2, -0.15) is 0 Å². The van der Waals surface area contributed by atoms with Crippen molar-refractivity contribution in [3.8, 4) is 0 Å². The molecule has 23 heavy (non-hydrogen) atoms. The van der Waals surface area contributed by atoms with Crippen LogP contribution in [0.25, 0.3) is 0 Å². The lowest BCUT2D eigenvalue weighted by Gasteiger charge is -2.06. The first-order valence-electron chi connectivity index (χ1n) is 10.1. The molecule has 0 aromatic carbocycles. The van der Waals surface area contributed by atoms with Gasteiger partial charge in [0, 0.05) is 0 Å². The maximum atomic E-state index is 5.94. The van der Waals surface area contributed by atoms with Crippen LogP contribution in [0.2, 0.25) is 6.04 Å². The fourth-order valence-electron chi connectivity index (χ4n) is 3.05. The molecule has 0 aliphatic carbocycles. The third-order valence-electron chi connectivity index (χ3n) is 4.56. The highest BCUT2D eigenvalue weighted by atomic mass is 35.8. The minimum atomic E-state index is -2.21. The van der Waals surface area contributed by atoms with E-state index in [1.54, 1.807) is 0 Å². The molecule has 0 unspecified atom stereocenters. The molecule has 0 nitrogen and oxygen atoms in total. The molecule has 0 spiro atoms. The summed E-state index contributed by atoms with van der Waals surface area (Å²) in [6.45, 7) is 2.29. The summed E-state index contributed by atoms with van der Waals surface area (Å²) in [4.78, 5) is 0. The Labute approximate surface area is 163 Å². The summed E-state index contributed by atoms with van der Waals surface area (Å²) in [7, 11) is -0.380. The van der Waals surface area contributed by atoms with Crippen molar-refractivity contribution in [3.05, 3.63) is 0 Å². The van der Waals surface area contributed by atoms with Crippen molar-refractivity contribution in [2.24, 2.45) is 0 Å². The van der Waals surface area contributed by atoms with Crippen LogP contribution in [0.5, 0.6) is 0 Å². The lowest BCUT2D eigenvalue weighted by atomic mass is 10.0. The van der Waals surface area contributed by atoms with Crippen molar-refractivity contribution in [1.82, 2.24) is 0 Å². The summed E-state index contributed by atoms with van der Waals surface area (Å²) >= 11 is 17.8. The number of hydrogen-bond donors (Lipinski definition) is 0. The third-order valence-corrected chi connectivity index (χ3v) is 13.8. The van der Waals surface area contributed by atoms with E-state index < -0.39 is 5.52 Å². The molecule has 0 saturated carbocycles. The predicted octanol–water partition coefficient (Wildman–Crippen LogP) is 7.99. The first kappa shape index (κ1) is 24.3. The van der Waals surface area contributed by atoms with E-state index in [1.807, 2.05) is 0 Å². The Morgan fingerprint density at radius 1 is 0.522 bits per heavy atom. The van der Waals surface area contributed by atoms with E-state index >= 15 is 0 Å². The third kappa shape index (κ3) is 23.3. The van der Waals surface area contributed by atoms with Gasteiger partial charge in [-0.05, 0) is 0 Å². The molecule has 0 radical (unpaired) electrons. The van der Waals surface area contributed by atoms with Gasteiger partial charge in [-0.25, -0.2) is 0 Å². The average molecular weight is 418 g/mol. The van der Waals surface area contributed by atoms with Crippen LogP contribution in [0, 0.1) is 0 Å². The van der Waals surface area contributed by atoms with E-state index in [-0.39, 0.29) is 9.04 Å². The highest BCUT2D eigenvalue weighted by Crippen LogP contribution is 2.20. The van der Waals surface area contributed by atoms with Gasteiger partial charge in [-0.1, -0.05) is 116 Å². The maximum Gasteiger partial charge on any atom is 0.317 e. The molecule has 0 aliphatic rings. The normalized spacial score (nSPS) is 12.5. The van der Waals surface area contributed by atoms with Crippen LogP contribution in [-0.4, -0.2) is 14.6 Å². The minimum Gasteiger partial charge on any atom is -0.130 e. The van der Waals surface area contributed by atoms with Gasteiger partial charge >= 0.3 is 5.52 Å². The van der Waals surface area contributed by atoms with Crippen LogP contribution in [0.3, 0.4) is 0 Å². The first-order valence-corrected chi connectivity index (χ1v) is 18.5.